The highest BCUT2D eigenvalue weighted by atomic mass is 32.1. The fraction of sp³-hybridized carbons (Fsp3) is 0.466. The summed E-state index contributed by atoms with van der Waals surface area (Å²) in [5.41, 5.74) is -4.32. The zero-order valence-corrected chi connectivity index (χ0v) is 47.1. The van der Waals surface area contributed by atoms with Crippen molar-refractivity contribution in [3.63, 3.8) is 0 Å². The number of imide groups is 2. The topological polar surface area (TPSA) is 260 Å². The van der Waals surface area contributed by atoms with Crippen molar-refractivity contribution in [2.24, 2.45) is 5.41 Å². The Hall–Kier alpha value is -7.18. The highest BCUT2D eigenvalue weighted by molar-refractivity contribution is 7.52. The summed E-state index contributed by atoms with van der Waals surface area (Å²) in [6.07, 6.45) is 6.92. The normalized spacial score (nSPS) is 19.2. The minimum Gasteiger partial charge on any atom is -0.356 e. The number of alkyl halides is 2. The van der Waals surface area contributed by atoms with Gasteiger partial charge in [-0.3, -0.25) is 57.9 Å². The number of likely N-dealkylation sites (tertiary alicyclic amines) is 1. The third kappa shape index (κ3) is 13.9. The van der Waals surface area contributed by atoms with E-state index in [4.69, 9.17) is 0 Å². The van der Waals surface area contributed by atoms with E-state index >= 15 is 0 Å². The molecule has 5 N–H and O–H groups in total. The van der Waals surface area contributed by atoms with Crippen molar-refractivity contribution in [2.75, 3.05) is 39.3 Å². The SMILES string of the molecule is CC(C)(C)[C@H](NC(=O)c1cc2cc(C(F)(F)P(=O)(O)O)ccc2s1)C(=O)N1CCN(C(=O)CC(=O)NCCCCCCCCC#Cc2ccc3c(c2)C(=O)N(C2CCC(=O)NC2=O)C3=O)C[C@H]1C(=O)N1CCC[C@H](c2ccccc2)C1. The molecule has 5 heterocycles. The van der Waals surface area contributed by atoms with Crippen LogP contribution in [0.1, 0.15) is 151 Å². The molecule has 0 bridgehead atoms. The van der Waals surface area contributed by atoms with Crippen molar-refractivity contribution in [3.8, 4) is 11.8 Å². The van der Waals surface area contributed by atoms with Crippen LogP contribution in [0.2, 0.25) is 0 Å². The number of unbranched alkanes of at least 4 members (excludes halogenated alkanes) is 6. The number of thiophene rings is 1. The van der Waals surface area contributed by atoms with Gasteiger partial charge in [0.15, 0.2) is 0 Å². The maximum Gasteiger partial charge on any atom is 0.399 e. The second-order valence-corrected chi connectivity index (χ2v) is 24.8. The van der Waals surface area contributed by atoms with Gasteiger partial charge in [-0.25, -0.2) is 0 Å². The summed E-state index contributed by atoms with van der Waals surface area (Å²) in [7, 11) is -5.86. The molecule has 4 aliphatic rings. The third-order valence-electron chi connectivity index (χ3n) is 15.2. The average molecular weight is 1150 g/mol. The summed E-state index contributed by atoms with van der Waals surface area (Å²) in [6, 6.07) is 15.4. The zero-order chi connectivity index (χ0) is 58.4. The van der Waals surface area contributed by atoms with Gasteiger partial charge in [-0.2, -0.15) is 8.78 Å². The van der Waals surface area contributed by atoms with Gasteiger partial charge in [-0.1, -0.05) is 94.7 Å². The molecule has 9 amide bonds. The highest BCUT2D eigenvalue weighted by Gasteiger charge is 2.51. The molecular weight excluding hydrogens is 1090 g/mol. The molecule has 4 aromatic rings. The summed E-state index contributed by atoms with van der Waals surface area (Å²) in [4.78, 5) is 145. The van der Waals surface area contributed by atoms with Crippen molar-refractivity contribution in [1.82, 2.24) is 35.6 Å². The molecule has 23 heteroatoms. The number of nitrogens with one attached hydrogen (secondary N) is 3. The molecule has 4 aliphatic heterocycles. The number of piperidine rings is 2. The van der Waals surface area contributed by atoms with Gasteiger partial charge in [0, 0.05) is 67.3 Å². The number of fused-ring (bicyclic) bond motifs is 2. The summed E-state index contributed by atoms with van der Waals surface area (Å²) in [5.74, 6) is 1.27. The Morgan fingerprint density at radius 1 is 0.827 bits per heavy atom. The van der Waals surface area contributed by atoms with Crippen LogP contribution in [0.4, 0.5) is 8.78 Å². The predicted molar refractivity (Wildman–Crippen MR) is 295 cm³/mol. The number of rotatable bonds is 18. The van der Waals surface area contributed by atoms with E-state index < -0.39 is 96.0 Å². The summed E-state index contributed by atoms with van der Waals surface area (Å²) >= 11 is 0.937. The monoisotopic (exact) mass is 1150 g/mol. The molecular formula is C58H66F2N7O12PS. The number of nitrogens with zero attached hydrogens (tertiary/aromatic N) is 4. The van der Waals surface area contributed by atoms with Crippen molar-refractivity contribution >= 4 is 82.2 Å². The second kappa shape index (κ2) is 25.3. The van der Waals surface area contributed by atoms with Crippen LogP contribution in [0.25, 0.3) is 10.1 Å². The van der Waals surface area contributed by atoms with Gasteiger partial charge in [0.05, 0.1) is 22.5 Å². The molecule has 0 aliphatic carbocycles. The van der Waals surface area contributed by atoms with Gasteiger partial charge in [-0.15, -0.1) is 11.3 Å². The molecule has 1 aromatic heterocycles. The zero-order valence-electron chi connectivity index (χ0n) is 45.3. The molecule has 430 valence electrons. The second-order valence-electron chi connectivity index (χ2n) is 22.0. The largest absolute Gasteiger partial charge is 0.399 e. The molecule has 81 heavy (non-hydrogen) atoms. The summed E-state index contributed by atoms with van der Waals surface area (Å²) in [6.45, 7) is 6.10. The number of hydrogen-bond donors (Lipinski definition) is 5. The molecule has 8 rings (SSSR count). The van der Waals surface area contributed by atoms with Gasteiger partial charge in [-0.05, 0) is 84.9 Å². The van der Waals surface area contributed by atoms with Crippen LogP contribution >= 0.6 is 18.9 Å². The Morgan fingerprint density at radius 2 is 1.54 bits per heavy atom. The lowest BCUT2D eigenvalue weighted by Gasteiger charge is -2.45. The first-order valence-electron chi connectivity index (χ1n) is 27.2. The first kappa shape index (κ1) is 59.9. The van der Waals surface area contributed by atoms with Gasteiger partial charge in [0.2, 0.25) is 35.4 Å². The van der Waals surface area contributed by atoms with E-state index in [-0.39, 0.29) is 65.7 Å². The molecule has 0 radical (unpaired) electrons. The number of amides is 9. The average Bonchev–Trinajstić information content (AvgIpc) is 3.98. The molecule has 3 fully saturated rings. The summed E-state index contributed by atoms with van der Waals surface area (Å²) in [5, 5.41) is 7.96. The Bertz CT molecular complexity index is 3240. The van der Waals surface area contributed by atoms with Crippen LogP contribution < -0.4 is 16.0 Å². The Morgan fingerprint density at radius 3 is 2.26 bits per heavy atom. The van der Waals surface area contributed by atoms with E-state index in [1.807, 2.05) is 30.3 Å². The van der Waals surface area contributed by atoms with E-state index in [2.05, 4.69) is 27.8 Å². The van der Waals surface area contributed by atoms with E-state index in [9.17, 15) is 66.3 Å². The Kier molecular flexibility index (Phi) is 18.7. The van der Waals surface area contributed by atoms with Crippen LogP contribution in [0, 0.1) is 17.3 Å². The summed E-state index contributed by atoms with van der Waals surface area (Å²) < 4.78 is 41.2. The highest BCUT2D eigenvalue weighted by Crippen LogP contribution is 2.59. The van der Waals surface area contributed by atoms with Crippen molar-refractivity contribution in [2.45, 2.75) is 128 Å². The Balaban J connectivity index is 0.821. The van der Waals surface area contributed by atoms with Crippen LogP contribution in [0.5, 0.6) is 0 Å². The minimum atomic E-state index is -5.86. The van der Waals surface area contributed by atoms with E-state index in [1.165, 1.54) is 28.0 Å². The number of piperazine rings is 1. The number of carbonyl (C=O) groups excluding carboxylic acids is 9. The van der Waals surface area contributed by atoms with Crippen LogP contribution in [-0.2, 0) is 39.0 Å². The van der Waals surface area contributed by atoms with Crippen LogP contribution in [-0.4, -0.2) is 140 Å². The van der Waals surface area contributed by atoms with E-state index in [0.717, 1.165) is 72.5 Å². The molecule has 1 unspecified atom stereocenters. The predicted octanol–water partition coefficient (Wildman–Crippen LogP) is 6.41. The molecule has 0 spiro atoms. The first-order valence-corrected chi connectivity index (χ1v) is 29.7. The van der Waals surface area contributed by atoms with Gasteiger partial charge in [0.25, 0.3) is 17.7 Å². The van der Waals surface area contributed by atoms with Gasteiger partial charge >= 0.3 is 13.3 Å². The molecule has 4 atom stereocenters. The van der Waals surface area contributed by atoms with Crippen molar-refractivity contribution in [1.29, 1.82) is 0 Å². The molecule has 0 saturated carbocycles. The lowest BCUT2D eigenvalue weighted by molar-refractivity contribution is -0.155. The quantitative estimate of drug-likeness (QED) is 0.0238. The van der Waals surface area contributed by atoms with E-state index in [0.29, 0.717) is 49.2 Å². The van der Waals surface area contributed by atoms with E-state index in [1.54, 1.807) is 37.8 Å². The lowest BCUT2D eigenvalue weighted by Crippen LogP contribution is -2.66. The standard InChI is InChI=1S/C58H66F2N7O12PS/c1-57(2,3)50(63-52(72)46-32-39-31-40(21-24-45(39)81-46)58(59,60)80(77,78)79)56(76)66-29-28-64(35-44(66)55(75)65-27-15-19-38(34-65)37-17-12-10-13-18-37)49(70)33-48(69)61-26-14-9-7-5-4-6-8-11-16-36-20-22-41-42(30-36)54(74)67(53(41)73)43-23-25-47(68)62-51(43)71/h10,12-13,17-18,20-22,24,30-32,38,43-44,50H,4-9,14-15,19,23,25-29,33-35H2,1-3H3,(H,61,69)(H,63,72)(H,62,68,71)(H2,77,78,79)/t38-,43?,44-,50+/m0/s1. The van der Waals surface area contributed by atoms with Gasteiger partial charge < -0.3 is 35.1 Å². The number of benzene rings is 3. The minimum absolute atomic E-state index is 0.00675. The third-order valence-corrected chi connectivity index (χ3v) is 17.3. The smallest absolute Gasteiger partial charge is 0.356 e. The lowest BCUT2D eigenvalue weighted by atomic mass is 9.85. The fourth-order valence-corrected chi connectivity index (χ4v) is 12.1. The number of halogens is 2. The maximum atomic E-state index is 14.9. The molecule has 19 nitrogen and oxygen atoms in total. The maximum absolute atomic E-state index is 14.9. The van der Waals surface area contributed by atoms with Gasteiger partial charge in [0.1, 0.15) is 24.5 Å². The van der Waals surface area contributed by atoms with Crippen molar-refractivity contribution < 1.29 is 66.3 Å². The molecule has 3 aromatic carbocycles. The number of hydrogen-bond acceptors (Lipinski definition) is 11. The fourth-order valence-electron chi connectivity index (χ4n) is 10.7. The van der Waals surface area contributed by atoms with Crippen molar-refractivity contribution in [3.05, 3.63) is 105 Å². The Labute approximate surface area is 471 Å². The van der Waals surface area contributed by atoms with Crippen LogP contribution in [0.15, 0.2) is 72.8 Å². The number of carbonyl (C=O) groups is 9. The van der Waals surface area contributed by atoms with Crippen LogP contribution in [0.3, 0.4) is 0 Å². The molecule has 3 saturated heterocycles. The first-order chi connectivity index (χ1) is 38.4.